The van der Waals surface area contributed by atoms with Crippen molar-refractivity contribution in [2.75, 3.05) is 0 Å². The fraction of sp³-hybridized carbons (Fsp3) is 0.586. The summed E-state index contributed by atoms with van der Waals surface area (Å²) < 4.78 is 0. The minimum Gasteiger partial charge on any atom is -0.481 e. The highest BCUT2D eigenvalue weighted by Crippen LogP contribution is 2.33. The number of carbonyl (C=O) groups excluding carboxylic acids is 1. The van der Waals surface area contributed by atoms with Crippen LogP contribution >= 0.6 is 0 Å². The maximum Gasteiger partial charge on any atom is 0.310 e. The van der Waals surface area contributed by atoms with Gasteiger partial charge in [0.05, 0.1) is 12.0 Å². The second-order valence-corrected chi connectivity index (χ2v) is 10.1. The predicted octanol–water partition coefficient (Wildman–Crippen LogP) is 6.31. The molecule has 1 aromatic carbocycles. The zero-order valence-corrected chi connectivity index (χ0v) is 19.9. The minimum atomic E-state index is -0.776. The number of carboxylic acid groups (broad SMARTS) is 1. The molecule has 1 aromatic rings. The average Bonchev–Trinajstić information content (AvgIpc) is 3.44. The number of benzene rings is 1. The van der Waals surface area contributed by atoms with Crippen LogP contribution in [0.4, 0.5) is 0 Å². The van der Waals surface area contributed by atoms with Crippen molar-refractivity contribution in [3.8, 4) is 0 Å². The van der Waals surface area contributed by atoms with Crippen molar-refractivity contribution in [3.63, 3.8) is 0 Å². The normalized spacial score (nSPS) is 23.9. The Bertz CT molecular complexity index is 806. The molecule has 0 saturated heterocycles. The van der Waals surface area contributed by atoms with Gasteiger partial charge in [0, 0.05) is 11.8 Å². The van der Waals surface area contributed by atoms with E-state index in [1.54, 1.807) is 6.08 Å². The molecule has 0 spiro atoms. The summed E-state index contributed by atoms with van der Waals surface area (Å²) in [6.07, 6.45) is 17.5. The number of aliphatic carboxylic acids is 1. The largest absolute Gasteiger partial charge is 0.481 e. The Morgan fingerprint density at radius 2 is 1.85 bits per heavy atom. The molecule has 180 valence electrons. The molecule has 0 heterocycles. The first-order chi connectivity index (χ1) is 16.0. The molecular formula is C29H40O4. The van der Waals surface area contributed by atoms with Crippen LogP contribution < -0.4 is 0 Å². The standard InChI is InChI=1S/C29H40O4/c1-21(20-22-10-8-9-11-22)27(30)18-16-24-17-19-28(31)25(24)14-6-3-7-15-26(29(32)33)23-12-4-2-5-13-23/h2,4-5,12-13,16-19,21-22,24-27,30H,3,6-11,14-15,20H2,1H3,(H,32,33)/b18-16+/t21?,24-,25+,26?,27?/m0/s1. The van der Waals surface area contributed by atoms with Crippen LogP contribution in [0.3, 0.4) is 0 Å². The van der Waals surface area contributed by atoms with E-state index >= 15 is 0 Å². The van der Waals surface area contributed by atoms with Crippen molar-refractivity contribution in [2.24, 2.45) is 23.7 Å². The Kier molecular flexibility index (Phi) is 9.93. The lowest BCUT2D eigenvalue weighted by Crippen LogP contribution is -2.19. The van der Waals surface area contributed by atoms with Crippen molar-refractivity contribution < 1.29 is 19.8 Å². The van der Waals surface area contributed by atoms with E-state index in [-0.39, 0.29) is 23.5 Å². The van der Waals surface area contributed by atoms with E-state index in [0.29, 0.717) is 6.42 Å². The molecule has 33 heavy (non-hydrogen) atoms. The topological polar surface area (TPSA) is 74.6 Å². The van der Waals surface area contributed by atoms with Crippen LogP contribution in [0.1, 0.15) is 82.6 Å². The van der Waals surface area contributed by atoms with Crippen LogP contribution in [0.5, 0.6) is 0 Å². The first-order valence-corrected chi connectivity index (χ1v) is 12.8. The van der Waals surface area contributed by atoms with Gasteiger partial charge in [-0.3, -0.25) is 9.59 Å². The van der Waals surface area contributed by atoms with Gasteiger partial charge in [-0.15, -0.1) is 0 Å². The molecule has 3 rings (SSSR count). The van der Waals surface area contributed by atoms with E-state index in [1.807, 2.05) is 48.6 Å². The molecule has 3 unspecified atom stereocenters. The van der Waals surface area contributed by atoms with E-state index < -0.39 is 18.0 Å². The van der Waals surface area contributed by atoms with Gasteiger partial charge in [0.1, 0.15) is 0 Å². The Balaban J connectivity index is 1.41. The summed E-state index contributed by atoms with van der Waals surface area (Å²) in [5.74, 6) is -0.0653. The number of carboxylic acids is 1. The van der Waals surface area contributed by atoms with Crippen molar-refractivity contribution in [1.82, 2.24) is 0 Å². The lowest BCUT2D eigenvalue weighted by molar-refractivity contribution is -0.139. The number of ketones is 1. The second kappa shape index (κ2) is 12.9. The van der Waals surface area contributed by atoms with Crippen LogP contribution in [0.2, 0.25) is 0 Å². The quantitative estimate of drug-likeness (QED) is 0.272. The number of allylic oxidation sites excluding steroid dienone is 3. The summed E-state index contributed by atoms with van der Waals surface area (Å²) in [6, 6.07) is 9.41. The van der Waals surface area contributed by atoms with E-state index in [9.17, 15) is 19.8 Å². The Hall–Kier alpha value is -2.20. The third kappa shape index (κ3) is 7.67. The third-order valence-corrected chi connectivity index (χ3v) is 7.61. The van der Waals surface area contributed by atoms with Gasteiger partial charge in [0.15, 0.2) is 5.78 Å². The number of rotatable bonds is 13. The van der Waals surface area contributed by atoms with Crippen LogP contribution in [0, 0.1) is 23.7 Å². The number of hydrogen-bond donors (Lipinski definition) is 2. The smallest absolute Gasteiger partial charge is 0.310 e. The monoisotopic (exact) mass is 452 g/mol. The zero-order chi connectivity index (χ0) is 23.6. The maximum atomic E-state index is 12.4. The molecule has 2 N–H and O–H groups in total. The first kappa shape index (κ1) is 25.4. The molecule has 5 atom stereocenters. The number of unbranched alkanes of at least 4 members (excludes halogenated alkanes) is 2. The molecule has 2 aliphatic rings. The number of aliphatic hydroxyl groups is 1. The highest BCUT2D eigenvalue weighted by atomic mass is 16.4. The van der Waals surface area contributed by atoms with Crippen LogP contribution in [0.25, 0.3) is 0 Å². The van der Waals surface area contributed by atoms with E-state index in [1.165, 1.54) is 25.7 Å². The number of carbonyl (C=O) groups is 2. The molecule has 4 nitrogen and oxygen atoms in total. The van der Waals surface area contributed by atoms with Crippen molar-refractivity contribution in [1.29, 1.82) is 0 Å². The second-order valence-electron chi connectivity index (χ2n) is 10.1. The molecule has 0 aromatic heterocycles. The van der Waals surface area contributed by atoms with Gasteiger partial charge in [-0.25, -0.2) is 0 Å². The van der Waals surface area contributed by atoms with E-state index in [0.717, 1.165) is 43.6 Å². The van der Waals surface area contributed by atoms with Crippen molar-refractivity contribution in [2.45, 2.75) is 83.2 Å². The molecule has 4 heteroatoms. The summed E-state index contributed by atoms with van der Waals surface area (Å²) in [7, 11) is 0. The van der Waals surface area contributed by atoms with Gasteiger partial charge in [-0.05, 0) is 42.7 Å². The predicted molar refractivity (Wildman–Crippen MR) is 132 cm³/mol. The van der Waals surface area contributed by atoms with E-state index in [4.69, 9.17) is 0 Å². The van der Waals surface area contributed by atoms with Crippen LogP contribution in [-0.2, 0) is 9.59 Å². The van der Waals surface area contributed by atoms with Crippen LogP contribution in [0.15, 0.2) is 54.6 Å². The summed E-state index contributed by atoms with van der Waals surface area (Å²) in [5, 5.41) is 20.2. The highest BCUT2D eigenvalue weighted by molar-refractivity contribution is 5.94. The van der Waals surface area contributed by atoms with Gasteiger partial charge >= 0.3 is 5.97 Å². The fourth-order valence-corrected chi connectivity index (χ4v) is 5.54. The summed E-state index contributed by atoms with van der Waals surface area (Å²) in [4.78, 5) is 24.0. The molecule has 0 radical (unpaired) electrons. The Morgan fingerprint density at radius 1 is 1.12 bits per heavy atom. The molecule has 0 aliphatic heterocycles. The number of hydrogen-bond acceptors (Lipinski definition) is 3. The molecular weight excluding hydrogens is 412 g/mol. The van der Waals surface area contributed by atoms with Gasteiger partial charge in [-0.2, -0.15) is 0 Å². The molecule has 2 aliphatic carbocycles. The fourth-order valence-electron chi connectivity index (χ4n) is 5.54. The highest BCUT2D eigenvalue weighted by Gasteiger charge is 2.28. The van der Waals surface area contributed by atoms with Crippen molar-refractivity contribution in [3.05, 3.63) is 60.2 Å². The maximum absolute atomic E-state index is 12.4. The Labute approximate surface area is 198 Å². The lowest BCUT2D eigenvalue weighted by Gasteiger charge is -2.20. The molecule has 0 bridgehead atoms. The zero-order valence-electron chi connectivity index (χ0n) is 19.9. The first-order valence-electron chi connectivity index (χ1n) is 12.8. The van der Waals surface area contributed by atoms with Gasteiger partial charge < -0.3 is 10.2 Å². The lowest BCUT2D eigenvalue weighted by atomic mass is 9.86. The van der Waals surface area contributed by atoms with Crippen LogP contribution in [-0.4, -0.2) is 28.1 Å². The molecule has 1 fully saturated rings. The summed E-state index contributed by atoms with van der Waals surface area (Å²) >= 11 is 0. The summed E-state index contributed by atoms with van der Waals surface area (Å²) in [5.41, 5.74) is 0.853. The number of aliphatic hydroxyl groups excluding tert-OH is 1. The third-order valence-electron chi connectivity index (χ3n) is 7.61. The van der Waals surface area contributed by atoms with E-state index in [2.05, 4.69) is 6.92 Å². The minimum absolute atomic E-state index is 0.0528. The van der Waals surface area contributed by atoms with Gasteiger partial charge in [0.25, 0.3) is 0 Å². The van der Waals surface area contributed by atoms with Gasteiger partial charge in [-0.1, -0.05) is 100 Å². The molecule has 0 amide bonds. The van der Waals surface area contributed by atoms with Gasteiger partial charge in [0.2, 0.25) is 0 Å². The summed E-state index contributed by atoms with van der Waals surface area (Å²) in [6.45, 7) is 2.13. The molecule has 1 saturated carbocycles. The average molecular weight is 453 g/mol. The SMILES string of the molecule is CC(CC1CCCC1)C(O)/C=C/[C@H]1C=CC(=O)[C@@H]1CCCCCC(C(=O)O)c1ccccc1. The Morgan fingerprint density at radius 3 is 2.55 bits per heavy atom. The van der Waals surface area contributed by atoms with Crippen molar-refractivity contribution >= 4 is 11.8 Å².